The van der Waals surface area contributed by atoms with Crippen LogP contribution in [0.1, 0.15) is 22.8 Å². The summed E-state index contributed by atoms with van der Waals surface area (Å²) >= 11 is 5.93. The maximum atomic E-state index is 12.3. The molecule has 1 saturated heterocycles. The summed E-state index contributed by atoms with van der Waals surface area (Å²) < 4.78 is 0. The number of rotatable bonds is 6. The first-order valence-corrected chi connectivity index (χ1v) is 9.47. The van der Waals surface area contributed by atoms with Crippen LogP contribution in [0, 0.1) is 0 Å². The van der Waals surface area contributed by atoms with Crippen molar-refractivity contribution in [1.82, 2.24) is 9.80 Å². The van der Waals surface area contributed by atoms with E-state index in [4.69, 9.17) is 11.6 Å². The molecule has 0 aromatic heterocycles. The summed E-state index contributed by atoms with van der Waals surface area (Å²) in [5, 5.41) is 3.64. The zero-order chi connectivity index (χ0) is 19.2. The standard InChI is InChI=1S/C21H24ClN3O2/c1-16(26)18-3-2-4-20(13-18)23-21(27)15-25-11-9-24(10-12-25)14-17-5-7-19(22)8-6-17/h2-8,13H,9-12,14-15H2,1H3,(H,23,27). The molecule has 0 bridgehead atoms. The summed E-state index contributed by atoms with van der Waals surface area (Å²) in [6.07, 6.45) is 0. The topological polar surface area (TPSA) is 52.7 Å². The summed E-state index contributed by atoms with van der Waals surface area (Å²) in [6.45, 7) is 6.34. The minimum absolute atomic E-state index is 0.0112. The molecule has 3 rings (SSSR count). The van der Waals surface area contributed by atoms with Gasteiger partial charge in [-0.3, -0.25) is 19.4 Å². The first-order valence-electron chi connectivity index (χ1n) is 9.09. The molecule has 0 aliphatic carbocycles. The molecular weight excluding hydrogens is 362 g/mol. The van der Waals surface area contributed by atoms with Gasteiger partial charge in [0.2, 0.25) is 5.91 Å². The normalized spacial score (nSPS) is 15.5. The number of benzene rings is 2. The Hall–Kier alpha value is -2.21. The maximum absolute atomic E-state index is 12.3. The lowest BCUT2D eigenvalue weighted by Gasteiger charge is -2.34. The Balaban J connectivity index is 1.44. The molecule has 2 aromatic carbocycles. The number of carbonyl (C=O) groups is 2. The number of piperazine rings is 1. The van der Waals surface area contributed by atoms with Gasteiger partial charge >= 0.3 is 0 Å². The average Bonchev–Trinajstić information content (AvgIpc) is 2.65. The molecule has 142 valence electrons. The zero-order valence-corrected chi connectivity index (χ0v) is 16.2. The molecule has 0 spiro atoms. The largest absolute Gasteiger partial charge is 0.325 e. The molecule has 0 atom stereocenters. The zero-order valence-electron chi connectivity index (χ0n) is 15.5. The van der Waals surface area contributed by atoms with Crippen molar-refractivity contribution in [1.29, 1.82) is 0 Å². The van der Waals surface area contributed by atoms with Gasteiger partial charge in [-0.15, -0.1) is 0 Å². The molecule has 5 nitrogen and oxygen atoms in total. The van der Waals surface area contributed by atoms with E-state index in [-0.39, 0.29) is 11.7 Å². The number of Topliss-reactive ketones (excluding diaryl/α,β-unsaturated/α-hetero) is 1. The molecule has 0 radical (unpaired) electrons. The van der Waals surface area contributed by atoms with E-state index in [0.29, 0.717) is 17.8 Å². The number of hydrogen-bond donors (Lipinski definition) is 1. The van der Waals surface area contributed by atoms with Crippen molar-refractivity contribution in [3.05, 3.63) is 64.7 Å². The molecule has 6 heteroatoms. The van der Waals surface area contributed by atoms with Crippen molar-refractivity contribution in [2.75, 3.05) is 38.0 Å². The Kier molecular flexibility index (Phi) is 6.61. The molecule has 2 aromatic rings. The number of ketones is 1. The molecule has 27 heavy (non-hydrogen) atoms. The lowest BCUT2D eigenvalue weighted by atomic mass is 10.1. The van der Waals surface area contributed by atoms with Crippen LogP contribution in [0.25, 0.3) is 0 Å². The molecule has 0 saturated carbocycles. The number of halogens is 1. The minimum atomic E-state index is -0.0538. The number of anilines is 1. The van der Waals surface area contributed by atoms with Crippen LogP contribution in [0.15, 0.2) is 48.5 Å². The lowest BCUT2D eigenvalue weighted by molar-refractivity contribution is -0.117. The summed E-state index contributed by atoms with van der Waals surface area (Å²) in [5.74, 6) is -0.0650. The fourth-order valence-corrected chi connectivity index (χ4v) is 3.30. The molecule has 1 heterocycles. The van der Waals surface area contributed by atoms with Gasteiger partial charge in [0.15, 0.2) is 5.78 Å². The number of amides is 1. The van der Waals surface area contributed by atoms with Crippen LogP contribution >= 0.6 is 11.6 Å². The van der Waals surface area contributed by atoms with E-state index in [0.717, 1.165) is 37.7 Å². The molecule has 0 unspecified atom stereocenters. The Bertz CT molecular complexity index is 799. The Labute approximate surface area is 164 Å². The van der Waals surface area contributed by atoms with Crippen LogP contribution in [0.2, 0.25) is 5.02 Å². The highest BCUT2D eigenvalue weighted by atomic mass is 35.5. The van der Waals surface area contributed by atoms with Crippen molar-refractivity contribution in [3.8, 4) is 0 Å². The van der Waals surface area contributed by atoms with E-state index < -0.39 is 0 Å². The second kappa shape index (κ2) is 9.13. The minimum Gasteiger partial charge on any atom is -0.325 e. The first kappa shape index (κ1) is 19.5. The van der Waals surface area contributed by atoms with Crippen molar-refractivity contribution in [2.24, 2.45) is 0 Å². The third kappa shape index (κ3) is 5.89. The van der Waals surface area contributed by atoms with Crippen molar-refractivity contribution < 1.29 is 9.59 Å². The summed E-state index contributed by atoms with van der Waals surface area (Å²) in [6, 6.07) is 15.0. The monoisotopic (exact) mass is 385 g/mol. The van der Waals surface area contributed by atoms with Gasteiger partial charge in [0.25, 0.3) is 0 Å². The first-order chi connectivity index (χ1) is 13.0. The summed E-state index contributed by atoms with van der Waals surface area (Å²) in [5.41, 5.74) is 2.51. The quantitative estimate of drug-likeness (QED) is 0.775. The molecular formula is C21H24ClN3O2. The Morgan fingerprint density at radius 3 is 2.33 bits per heavy atom. The number of hydrogen-bond acceptors (Lipinski definition) is 4. The second-order valence-corrected chi connectivity index (χ2v) is 7.30. The smallest absolute Gasteiger partial charge is 0.238 e. The predicted molar refractivity (Wildman–Crippen MR) is 108 cm³/mol. The molecule has 1 amide bonds. The van der Waals surface area contributed by atoms with Gasteiger partial charge in [0.1, 0.15) is 0 Å². The third-order valence-corrected chi connectivity index (χ3v) is 4.96. The number of nitrogens with one attached hydrogen (secondary N) is 1. The highest BCUT2D eigenvalue weighted by Crippen LogP contribution is 2.14. The lowest BCUT2D eigenvalue weighted by Crippen LogP contribution is -2.48. The van der Waals surface area contributed by atoms with Gasteiger partial charge in [-0.05, 0) is 36.8 Å². The van der Waals surface area contributed by atoms with Gasteiger partial charge in [0, 0.05) is 49.0 Å². The maximum Gasteiger partial charge on any atom is 0.238 e. The van der Waals surface area contributed by atoms with Crippen LogP contribution in [0.3, 0.4) is 0 Å². The van der Waals surface area contributed by atoms with Crippen LogP contribution in [0.5, 0.6) is 0 Å². The molecule has 1 N–H and O–H groups in total. The van der Waals surface area contributed by atoms with Crippen LogP contribution in [-0.4, -0.2) is 54.2 Å². The van der Waals surface area contributed by atoms with Crippen molar-refractivity contribution >= 4 is 29.0 Å². The van der Waals surface area contributed by atoms with Crippen molar-refractivity contribution in [2.45, 2.75) is 13.5 Å². The van der Waals surface area contributed by atoms with Crippen LogP contribution in [-0.2, 0) is 11.3 Å². The highest BCUT2D eigenvalue weighted by molar-refractivity contribution is 6.30. The molecule has 1 aliphatic heterocycles. The van der Waals surface area contributed by atoms with Gasteiger partial charge in [-0.2, -0.15) is 0 Å². The summed E-state index contributed by atoms with van der Waals surface area (Å²) in [7, 11) is 0. The SMILES string of the molecule is CC(=O)c1cccc(NC(=O)CN2CCN(Cc3ccc(Cl)cc3)CC2)c1. The van der Waals surface area contributed by atoms with Gasteiger partial charge in [0.05, 0.1) is 6.54 Å². The van der Waals surface area contributed by atoms with E-state index in [1.54, 1.807) is 24.3 Å². The third-order valence-electron chi connectivity index (χ3n) is 4.70. The number of nitrogens with zero attached hydrogens (tertiary/aromatic N) is 2. The number of carbonyl (C=O) groups excluding carboxylic acids is 2. The molecule has 1 fully saturated rings. The van der Waals surface area contributed by atoms with E-state index in [1.807, 2.05) is 12.1 Å². The van der Waals surface area contributed by atoms with Crippen LogP contribution < -0.4 is 5.32 Å². The fraction of sp³-hybridized carbons (Fsp3) is 0.333. The van der Waals surface area contributed by atoms with E-state index in [2.05, 4.69) is 27.2 Å². The fourth-order valence-electron chi connectivity index (χ4n) is 3.17. The second-order valence-electron chi connectivity index (χ2n) is 6.86. The summed E-state index contributed by atoms with van der Waals surface area (Å²) in [4.78, 5) is 28.3. The Morgan fingerprint density at radius 1 is 1.00 bits per heavy atom. The Morgan fingerprint density at radius 2 is 1.67 bits per heavy atom. The van der Waals surface area contributed by atoms with E-state index in [1.165, 1.54) is 12.5 Å². The van der Waals surface area contributed by atoms with Gasteiger partial charge in [-0.25, -0.2) is 0 Å². The van der Waals surface area contributed by atoms with Crippen molar-refractivity contribution in [3.63, 3.8) is 0 Å². The van der Waals surface area contributed by atoms with Gasteiger partial charge in [-0.1, -0.05) is 35.9 Å². The van der Waals surface area contributed by atoms with Gasteiger partial charge < -0.3 is 5.32 Å². The molecule has 1 aliphatic rings. The van der Waals surface area contributed by atoms with E-state index in [9.17, 15) is 9.59 Å². The predicted octanol–water partition coefficient (Wildman–Crippen LogP) is 3.30. The average molecular weight is 386 g/mol. The highest BCUT2D eigenvalue weighted by Gasteiger charge is 2.19. The van der Waals surface area contributed by atoms with E-state index >= 15 is 0 Å². The van der Waals surface area contributed by atoms with Crippen LogP contribution in [0.4, 0.5) is 5.69 Å².